The average Bonchev–Trinajstić information content (AvgIpc) is 3.11. The van der Waals surface area contributed by atoms with Crippen LogP contribution < -0.4 is 15.4 Å². The number of likely N-dealkylation sites (N-methyl/N-ethyl adjacent to an activating group) is 1. The number of carbonyl (C=O) groups excluding carboxylic acids is 2. The van der Waals surface area contributed by atoms with Crippen LogP contribution in [0.4, 0.5) is 10.5 Å². The standard InChI is InChI=1S/C18H26ClN3O4/c1-22(2)18(7-5-6-8-18)11-20-17(24)21-14-10-15(25-3)12(9-13(14)19)16(23)26-4/h9-10H,5-8,11H2,1-4H3,(H2,20,21,24). The summed E-state index contributed by atoms with van der Waals surface area (Å²) in [6.45, 7) is 0.556. The van der Waals surface area contributed by atoms with Crippen molar-refractivity contribution in [1.29, 1.82) is 0 Å². The molecule has 0 atom stereocenters. The number of esters is 1. The largest absolute Gasteiger partial charge is 0.496 e. The van der Waals surface area contributed by atoms with Crippen LogP contribution in [0.25, 0.3) is 0 Å². The van der Waals surface area contributed by atoms with Crippen LogP contribution in [0.5, 0.6) is 5.75 Å². The summed E-state index contributed by atoms with van der Waals surface area (Å²) in [6.07, 6.45) is 4.45. The minimum absolute atomic E-state index is 0.00638. The first-order chi connectivity index (χ1) is 12.3. The normalized spacial score (nSPS) is 15.6. The summed E-state index contributed by atoms with van der Waals surface area (Å²) in [7, 11) is 6.79. The van der Waals surface area contributed by atoms with E-state index < -0.39 is 5.97 Å². The van der Waals surface area contributed by atoms with E-state index in [1.165, 1.54) is 39.2 Å². The van der Waals surface area contributed by atoms with Crippen LogP contribution >= 0.6 is 11.6 Å². The summed E-state index contributed by atoms with van der Waals surface area (Å²) in [5.74, 6) is -0.286. The number of hydrogen-bond donors (Lipinski definition) is 2. The van der Waals surface area contributed by atoms with Gasteiger partial charge in [-0.1, -0.05) is 24.4 Å². The lowest BCUT2D eigenvalue weighted by Gasteiger charge is -2.36. The molecule has 0 unspecified atom stereocenters. The fourth-order valence-electron chi connectivity index (χ4n) is 3.31. The Morgan fingerprint density at radius 1 is 1.23 bits per heavy atom. The molecule has 1 fully saturated rings. The van der Waals surface area contributed by atoms with E-state index in [-0.39, 0.29) is 27.9 Å². The quantitative estimate of drug-likeness (QED) is 0.738. The molecule has 0 heterocycles. The molecule has 0 aromatic heterocycles. The Bertz CT molecular complexity index is 673. The number of carbonyl (C=O) groups is 2. The minimum Gasteiger partial charge on any atom is -0.496 e. The number of methoxy groups -OCH3 is 2. The maximum absolute atomic E-state index is 12.3. The Kier molecular flexibility index (Phi) is 6.72. The number of halogens is 1. The number of nitrogens with zero attached hydrogens (tertiary/aromatic N) is 1. The molecule has 7 nitrogen and oxygen atoms in total. The van der Waals surface area contributed by atoms with E-state index in [2.05, 4.69) is 15.5 Å². The fraction of sp³-hybridized carbons (Fsp3) is 0.556. The van der Waals surface area contributed by atoms with Crippen molar-refractivity contribution in [2.75, 3.05) is 40.2 Å². The highest BCUT2D eigenvalue weighted by atomic mass is 35.5. The predicted octanol–water partition coefficient (Wildman–Crippen LogP) is 3.13. The van der Waals surface area contributed by atoms with Gasteiger partial charge in [-0.25, -0.2) is 9.59 Å². The van der Waals surface area contributed by atoms with Crippen molar-refractivity contribution in [3.8, 4) is 5.75 Å². The van der Waals surface area contributed by atoms with Crippen LogP contribution in [0, 0.1) is 0 Å². The van der Waals surface area contributed by atoms with E-state index in [1.54, 1.807) is 0 Å². The van der Waals surface area contributed by atoms with E-state index in [0.717, 1.165) is 12.8 Å². The fourth-order valence-corrected chi connectivity index (χ4v) is 3.52. The van der Waals surface area contributed by atoms with Gasteiger partial charge >= 0.3 is 12.0 Å². The van der Waals surface area contributed by atoms with Crippen molar-refractivity contribution < 1.29 is 19.1 Å². The topological polar surface area (TPSA) is 79.9 Å². The highest BCUT2D eigenvalue weighted by molar-refractivity contribution is 6.34. The van der Waals surface area contributed by atoms with E-state index in [9.17, 15) is 9.59 Å². The third kappa shape index (κ3) is 4.40. The maximum Gasteiger partial charge on any atom is 0.341 e. The van der Waals surface area contributed by atoms with E-state index >= 15 is 0 Å². The molecule has 2 N–H and O–H groups in total. The van der Waals surface area contributed by atoms with Crippen LogP contribution in [0.1, 0.15) is 36.0 Å². The molecule has 1 aromatic carbocycles. The predicted molar refractivity (Wildman–Crippen MR) is 101 cm³/mol. The molecule has 0 aliphatic heterocycles. The molecule has 1 saturated carbocycles. The van der Waals surface area contributed by atoms with Gasteiger partial charge in [0.25, 0.3) is 0 Å². The van der Waals surface area contributed by atoms with E-state index in [0.29, 0.717) is 12.2 Å². The van der Waals surface area contributed by atoms with Gasteiger partial charge in [0.05, 0.1) is 24.9 Å². The van der Waals surface area contributed by atoms with Crippen molar-refractivity contribution >= 4 is 29.3 Å². The molecule has 0 bridgehead atoms. The lowest BCUT2D eigenvalue weighted by molar-refractivity contribution is 0.0597. The third-order valence-corrected chi connectivity index (χ3v) is 5.32. The van der Waals surface area contributed by atoms with Crippen LogP contribution in [0.15, 0.2) is 12.1 Å². The number of benzene rings is 1. The van der Waals surface area contributed by atoms with Crippen LogP contribution in [0.3, 0.4) is 0 Å². The lowest BCUT2D eigenvalue weighted by atomic mass is 9.96. The molecule has 1 aliphatic carbocycles. The number of anilines is 1. The number of nitrogens with one attached hydrogen (secondary N) is 2. The second-order valence-electron chi connectivity index (χ2n) is 6.66. The lowest BCUT2D eigenvalue weighted by Crippen LogP contribution is -2.51. The van der Waals surface area contributed by atoms with E-state index in [4.69, 9.17) is 21.1 Å². The summed E-state index contributed by atoms with van der Waals surface area (Å²) in [4.78, 5) is 26.3. The molecule has 144 valence electrons. The van der Waals surface area contributed by atoms with Crippen LogP contribution in [0.2, 0.25) is 5.02 Å². The number of rotatable bonds is 6. The van der Waals surface area contributed by atoms with Crippen molar-refractivity contribution in [2.24, 2.45) is 0 Å². The highest BCUT2D eigenvalue weighted by Gasteiger charge is 2.36. The second kappa shape index (κ2) is 8.60. The summed E-state index contributed by atoms with van der Waals surface area (Å²) in [5, 5.41) is 5.87. The Morgan fingerprint density at radius 3 is 2.42 bits per heavy atom. The SMILES string of the molecule is COC(=O)c1cc(Cl)c(NC(=O)NCC2(N(C)C)CCCC2)cc1OC. The van der Waals surface area contributed by atoms with Crippen molar-refractivity contribution in [3.63, 3.8) is 0 Å². The monoisotopic (exact) mass is 383 g/mol. The zero-order valence-corrected chi connectivity index (χ0v) is 16.4. The maximum atomic E-state index is 12.3. The third-order valence-electron chi connectivity index (χ3n) is 5.00. The number of hydrogen-bond acceptors (Lipinski definition) is 5. The molecule has 1 aromatic rings. The van der Waals surface area contributed by atoms with Gasteiger partial charge in [-0.15, -0.1) is 0 Å². The zero-order valence-electron chi connectivity index (χ0n) is 15.6. The van der Waals surface area contributed by atoms with Gasteiger partial charge in [0.2, 0.25) is 0 Å². The van der Waals surface area contributed by atoms with Gasteiger partial charge in [0.15, 0.2) is 0 Å². The van der Waals surface area contributed by atoms with Crippen LogP contribution in [-0.4, -0.2) is 57.3 Å². The highest BCUT2D eigenvalue weighted by Crippen LogP contribution is 2.34. The molecule has 0 radical (unpaired) electrons. The molecule has 0 saturated heterocycles. The van der Waals surface area contributed by atoms with Crippen molar-refractivity contribution in [3.05, 3.63) is 22.7 Å². The molecule has 2 amide bonds. The average molecular weight is 384 g/mol. The zero-order chi connectivity index (χ0) is 19.3. The Labute approximate surface area is 159 Å². The Morgan fingerprint density at radius 2 is 1.88 bits per heavy atom. The second-order valence-corrected chi connectivity index (χ2v) is 7.06. The molecule has 2 rings (SSSR count). The summed E-state index contributed by atoms with van der Waals surface area (Å²) in [6, 6.07) is 2.57. The number of amides is 2. The van der Waals surface area contributed by atoms with Gasteiger partial charge in [0.1, 0.15) is 11.3 Å². The molecule has 26 heavy (non-hydrogen) atoms. The van der Waals surface area contributed by atoms with Crippen molar-refractivity contribution in [1.82, 2.24) is 10.2 Å². The van der Waals surface area contributed by atoms with Gasteiger partial charge in [-0.05, 0) is 33.0 Å². The summed E-state index contributed by atoms with van der Waals surface area (Å²) in [5.41, 5.74) is 0.551. The molecular weight excluding hydrogens is 358 g/mol. The minimum atomic E-state index is -0.561. The first kappa shape index (κ1) is 20.3. The van der Waals surface area contributed by atoms with E-state index in [1.807, 2.05) is 14.1 Å². The summed E-state index contributed by atoms with van der Waals surface area (Å²) >= 11 is 6.19. The summed E-state index contributed by atoms with van der Waals surface area (Å²) < 4.78 is 9.90. The molecule has 1 aliphatic rings. The van der Waals surface area contributed by atoms with Gasteiger partial charge < -0.3 is 25.0 Å². The molecule has 0 spiro atoms. The van der Waals surface area contributed by atoms with Gasteiger partial charge in [-0.3, -0.25) is 0 Å². The first-order valence-corrected chi connectivity index (χ1v) is 8.89. The van der Waals surface area contributed by atoms with Gasteiger partial charge in [-0.2, -0.15) is 0 Å². The first-order valence-electron chi connectivity index (χ1n) is 8.51. The van der Waals surface area contributed by atoms with Gasteiger partial charge in [0, 0.05) is 18.2 Å². The molecular formula is C18H26ClN3O4. The number of ether oxygens (including phenoxy) is 2. The smallest absolute Gasteiger partial charge is 0.341 e. The number of urea groups is 1. The van der Waals surface area contributed by atoms with Crippen molar-refractivity contribution in [2.45, 2.75) is 31.2 Å². The molecule has 8 heteroatoms. The Balaban J connectivity index is 2.08. The van der Waals surface area contributed by atoms with Crippen LogP contribution in [-0.2, 0) is 4.74 Å². The Hall–Kier alpha value is -1.99.